The highest BCUT2D eigenvalue weighted by atomic mass is 32.2. The Morgan fingerprint density at radius 3 is 2.50 bits per heavy atom. The molecule has 1 heterocycles. The second kappa shape index (κ2) is 4.14. The molecule has 0 fully saturated rings. The van der Waals surface area contributed by atoms with Crippen LogP contribution in [0.5, 0.6) is 0 Å². The molecule has 1 aromatic heterocycles. The number of hydrogen-bond acceptors (Lipinski definition) is 7. The molecule has 0 unspecified atom stereocenters. The molecule has 0 radical (unpaired) electrons. The van der Waals surface area contributed by atoms with Gasteiger partial charge in [-0.05, 0) is 6.26 Å². The molecule has 0 atom stereocenters. The van der Waals surface area contributed by atoms with Gasteiger partial charge in [-0.2, -0.15) is 0 Å². The first-order chi connectivity index (χ1) is 6.60. The average molecular weight is 214 g/mol. The Morgan fingerprint density at radius 2 is 2.00 bits per heavy atom. The highest BCUT2D eigenvalue weighted by molar-refractivity contribution is 7.98. The Balaban J connectivity index is 3.24. The van der Waals surface area contributed by atoms with Crippen LogP contribution in [0.25, 0.3) is 0 Å². The van der Waals surface area contributed by atoms with Crippen molar-refractivity contribution in [2.75, 3.05) is 24.8 Å². The van der Waals surface area contributed by atoms with E-state index in [-0.39, 0.29) is 17.3 Å². The van der Waals surface area contributed by atoms with Gasteiger partial charge in [-0.1, -0.05) is 0 Å². The van der Waals surface area contributed by atoms with E-state index in [1.807, 2.05) is 0 Å². The number of thioether (sulfide) groups is 1. The van der Waals surface area contributed by atoms with E-state index in [2.05, 4.69) is 14.7 Å². The lowest BCUT2D eigenvalue weighted by molar-refractivity contribution is 0.0594. The smallest absolute Gasteiger partial charge is 0.360 e. The van der Waals surface area contributed by atoms with E-state index in [0.29, 0.717) is 5.03 Å². The summed E-state index contributed by atoms with van der Waals surface area (Å²) in [4.78, 5) is 18.9. The minimum atomic E-state index is -0.620. The molecule has 14 heavy (non-hydrogen) atoms. The molecule has 0 aliphatic rings. The number of anilines is 2. The number of nitrogens with two attached hydrogens (primary N) is 2. The van der Waals surface area contributed by atoms with Gasteiger partial charge in [0.2, 0.25) is 0 Å². The number of aromatic nitrogens is 2. The van der Waals surface area contributed by atoms with Gasteiger partial charge in [0.15, 0.2) is 17.3 Å². The first-order valence-electron chi connectivity index (χ1n) is 3.65. The molecular weight excluding hydrogens is 204 g/mol. The Kier molecular flexibility index (Phi) is 3.13. The molecule has 6 nitrogen and oxygen atoms in total. The minimum Gasteiger partial charge on any atom is -0.464 e. The summed E-state index contributed by atoms with van der Waals surface area (Å²) in [6.45, 7) is 0. The molecule has 0 aromatic carbocycles. The summed E-state index contributed by atoms with van der Waals surface area (Å²) in [6.07, 6.45) is 1.78. The van der Waals surface area contributed by atoms with Crippen molar-refractivity contribution in [2.24, 2.45) is 0 Å². The van der Waals surface area contributed by atoms with Crippen LogP contribution in [0.2, 0.25) is 0 Å². The van der Waals surface area contributed by atoms with Gasteiger partial charge in [0.05, 0.1) is 7.11 Å². The topological polar surface area (TPSA) is 104 Å². The van der Waals surface area contributed by atoms with Gasteiger partial charge in [-0.25, -0.2) is 14.8 Å². The van der Waals surface area contributed by atoms with E-state index < -0.39 is 5.97 Å². The normalized spacial score (nSPS) is 9.86. The second-order valence-electron chi connectivity index (χ2n) is 2.34. The van der Waals surface area contributed by atoms with E-state index in [0.717, 1.165) is 0 Å². The maximum absolute atomic E-state index is 11.2. The van der Waals surface area contributed by atoms with E-state index >= 15 is 0 Å². The molecule has 1 aromatic rings. The van der Waals surface area contributed by atoms with Crippen LogP contribution in [0.4, 0.5) is 11.6 Å². The maximum atomic E-state index is 11.2. The zero-order valence-corrected chi connectivity index (χ0v) is 8.59. The highest BCUT2D eigenvalue weighted by Crippen LogP contribution is 2.21. The molecule has 7 heteroatoms. The van der Waals surface area contributed by atoms with E-state index in [4.69, 9.17) is 11.5 Å². The van der Waals surface area contributed by atoms with Crippen molar-refractivity contribution in [2.45, 2.75) is 5.03 Å². The zero-order valence-electron chi connectivity index (χ0n) is 7.77. The molecule has 0 saturated carbocycles. The Bertz CT molecular complexity index is 369. The maximum Gasteiger partial charge on any atom is 0.360 e. The molecule has 0 aliphatic heterocycles. The van der Waals surface area contributed by atoms with Gasteiger partial charge >= 0.3 is 5.97 Å². The third-order valence-corrected chi connectivity index (χ3v) is 2.18. The molecule has 0 saturated heterocycles. The number of carbonyl (C=O) groups excluding carboxylic acids is 1. The average Bonchev–Trinajstić information content (AvgIpc) is 2.17. The van der Waals surface area contributed by atoms with E-state index in [9.17, 15) is 4.79 Å². The van der Waals surface area contributed by atoms with Gasteiger partial charge in [-0.3, -0.25) is 0 Å². The summed E-state index contributed by atoms with van der Waals surface area (Å²) in [5, 5.41) is 0.458. The van der Waals surface area contributed by atoms with Crippen LogP contribution < -0.4 is 11.5 Å². The van der Waals surface area contributed by atoms with Crippen molar-refractivity contribution < 1.29 is 9.53 Å². The summed E-state index contributed by atoms with van der Waals surface area (Å²) in [5.74, 6) is -0.430. The predicted molar refractivity (Wildman–Crippen MR) is 54.0 cm³/mol. The first kappa shape index (κ1) is 10.6. The SMILES string of the molecule is COC(=O)c1nc(SC)c(N)nc1N. The van der Waals surface area contributed by atoms with E-state index in [1.54, 1.807) is 6.26 Å². The van der Waals surface area contributed by atoms with Gasteiger partial charge in [0.25, 0.3) is 0 Å². The fourth-order valence-corrected chi connectivity index (χ4v) is 1.28. The quantitative estimate of drug-likeness (QED) is 0.533. The number of ether oxygens (including phenoxy) is 1. The van der Waals surface area contributed by atoms with Crippen molar-refractivity contribution in [3.8, 4) is 0 Å². The van der Waals surface area contributed by atoms with Crippen LogP contribution in [0.3, 0.4) is 0 Å². The number of carbonyl (C=O) groups is 1. The van der Waals surface area contributed by atoms with Crippen molar-refractivity contribution in [3.63, 3.8) is 0 Å². The van der Waals surface area contributed by atoms with E-state index in [1.165, 1.54) is 18.9 Å². The van der Waals surface area contributed by atoms with Crippen LogP contribution in [-0.4, -0.2) is 29.3 Å². The van der Waals surface area contributed by atoms with Crippen LogP contribution in [0, 0.1) is 0 Å². The number of methoxy groups -OCH3 is 1. The van der Waals surface area contributed by atoms with Gasteiger partial charge in [0.1, 0.15) is 5.03 Å². The first-order valence-corrected chi connectivity index (χ1v) is 4.88. The van der Waals surface area contributed by atoms with Crippen LogP contribution in [0.15, 0.2) is 5.03 Å². The lowest BCUT2D eigenvalue weighted by atomic mass is 10.4. The summed E-state index contributed by atoms with van der Waals surface area (Å²) in [7, 11) is 1.25. The monoisotopic (exact) mass is 214 g/mol. The summed E-state index contributed by atoms with van der Waals surface area (Å²) in [5.41, 5.74) is 11.0. The number of rotatable bonds is 2. The number of esters is 1. The Morgan fingerprint density at radius 1 is 1.36 bits per heavy atom. The van der Waals surface area contributed by atoms with Crippen molar-refractivity contribution >= 4 is 29.4 Å². The molecular formula is C7H10N4O2S. The standard InChI is InChI=1S/C7H10N4O2S/c1-13-7(12)3-4(8)11-5(9)6(10-3)14-2/h1-2H3,(H4,8,9,11). The summed E-state index contributed by atoms with van der Waals surface area (Å²) >= 11 is 1.28. The van der Waals surface area contributed by atoms with Gasteiger partial charge < -0.3 is 16.2 Å². The number of nitrogen functional groups attached to an aromatic ring is 2. The predicted octanol–water partition coefficient (Wildman–Crippen LogP) is 0.150. The van der Waals surface area contributed by atoms with Crippen LogP contribution >= 0.6 is 11.8 Å². The van der Waals surface area contributed by atoms with Crippen LogP contribution in [-0.2, 0) is 4.74 Å². The summed E-state index contributed by atoms with van der Waals surface area (Å²) in [6, 6.07) is 0. The lowest BCUT2D eigenvalue weighted by Gasteiger charge is -2.05. The third-order valence-electron chi connectivity index (χ3n) is 1.49. The molecule has 0 bridgehead atoms. The number of nitrogens with zero attached hydrogens (tertiary/aromatic N) is 2. The van der Waals surface area contributed by atoms with Crippen LogP contribution in [0.1, 0.15) is 10.5 Å². The fraction of sp³-hybridized carbons (Fsp3) is 0.286. The molecule has 0 aliphatic carbocycles. The largest absolute Gasteiger partial charge is 0.464 e. The zero-order chi connectivity index (χ0) is 10.7. The fourth-order valence-electron chi connectivity index (χ4n) is 0.844. The highest BCUT2D eigenvalue weighted by Gasteiger charge is 2.16. The van der Waals surface area contributed by atoms with Gasteiger partial charge in [0, 0.05) is 0 Å². The Hall–Kier alpha value is -1.50. The van der Waals surface area contributed by atoms with Gasteiger partial charge in [-0.15, -0.1) is 11.8 Å². The van der Waals surface area contributed by atoms with Crippen molar-refractivity contribution in [3.05, 3.63) is 5.69 Å². The Labute approximate surface area is 85.0 Å². The third kappa shape index (κ3) is 1.87. The summed E-state index contributed by atoms with van der Waals surface area (Å²) < 4.78 is 4.48. The second-order valence-corrected chi connectivity index (χ2v) is 3.14. The lowest BCUT2D eigenvalue weighted by Crippen LogP contribution is -2.12. The van der Waals surface area contributed by atoms with Crippen molar-refractivity contribution in [1.29, 1.82) is 0 Å². The molecule has 1 rings (SSSR count). The minimum absolute atomic E-state index is 0.00829. The molecule has 76 valence electrons. The molecule has 4 N–H and O–H groups in total. The molecule has 0 spiro atoms. The van der Waals surface area contributed by atoms with Crippen molar-refractivity contribution in [1.82, 2.24) is 9.97 Å². The number of hydrogen-bond donors (Lipinski definition) is 2. The molecule has 0 amide bonds.